The van der Waals surface area contributed by atoms with E-state index in [1.54, 1.807) is 0 Å². The van der Waals surface area contributed by atoms with Crippen molar-refractivity contribution >= 4 is 28.6 Å². The highest BCUT2D eigenvalue weighted by atomic mass is 16.3. The van der Waals surface area contributed by atoms with Crippen LogP contribution in [0.1, 0.15) is 44.4 Å². The van der Waals surface area contributed by atoms with Crippen molar-refractivity contribution in [2.24, 2.45) is 15.2 Å². The smallest absolute Gasteiger partial charge is 0.108 e. The molecule has 3 aromatic carbocycles. The van der Waals surface area contributed by atoms with Gasteiger partial charge < -0.3 is 14.5 Å². The molecule has 0 spiro atoms. The number of quaternary nitrogens is 1. The number of aryl methyl sites for hydroxylation is 2. The molecule has 0 N–H and O–H groups in total. The predicted molar refractivity (Wildman–Crippen MR) is 154 cm³/mol. The molecule has 0 amide bonds. The maximum Gasteiger partial charge on any atom is 0.108 e. The Balaban J connectivity index is 1.73. The SMILES string of the molecule is CCN(Cc1ccccc1)c1ccc(N=Nc2c(C)cc(N=C([O-])C[N+](CC)(CC)CC)cc2C)cc1. The fourth-order valence-electron chi connectivity index (χ4n) is 4.66. The number of hydrogen-bond acceptors (Lipinski definition) is 5. The molecule has 6 heteroatoms. The lowest BCUT2D eigenvalue weighted by Crippen LogP contribution is -2.53. The van der Waals surface area contributed by atoms with Crippen LogP contribution >= 0.6 is 0 Å². The van der Waals surface area contributed by atoms with Crippen LogP contribution in [0.25, 0.3) is 0 Å². The van der Waals surface area contributed by atoms with Gasteiger partial charge in [0, 0.05) is 24.7 Å². The molecular weight excluding hydrogens is 458 g/mol. The van der Waals surface area contributed by atoms with Crippen molar-refractivity contribution in [3.8, 4) is 0 Å². The first-order valence-electron chi connectivity index (χ1n) is 13.3. The number of nitrogens with zero attached hydrogens (tertiary/aromatic N) is 5. The fraction of sp³-hybridized carbons (Fsp3) is 0.387. The Hall–Kier alpha value is -3.51. The molecule has 3 rings (SSSR count). The van der Waals surface area contributed by atoms with Crippen LogP contribution in [0.2, 0.25) is 0 Å². The van der Waals surface area contributed by atoms with Crippen LogP contribution < -0.4 is 10.0 Å². The zero-order valence-electron chi connectivity index (χ0n) is 23.2. The van der Waals surface area contributed by atoms with Gasteiger partial charge in [0.15, 0.2) is 0 Å². The Morgan fingerprint density at radius 2 is 1.38 bits per heavy atom. The topological polar surface area (TPSA) is 63.4 Å². The molecule has 0 fully saturated rings. The van der Waals surface area contributed by atoms with Crippen LogP contribution in [0.15, 0.2) is 82.0 Å². The van der Waals surface area contributed by atoms with Crippen molar-refractivity contribution < 1.29 is 9.59 Å². The molecule has 0 aliphatic carbocycles. The van der Waals surface area contributed by atoms with Crippen molar-refractivity contribution in [3.05, 3.63) is 83.4 Å². The van der Waals surface area contributed by atoms with E-state index < -0.39 is 0 Å². The highest BCUT2D eigenvalue weighted by Crippen LogP contribution is 2.31. The fourth-order valence-corrected chi connectivity index (χ4v) is 4.66. The first-order valence-corrected chi connectivity index (χ1v) is 13.3. The van der Waals surface area contributed by atoms with Crippen LogP contribution in [-0.4, -0.2) is 43.1 Å². The number of benzene rings is 3. The molecule has 196 valence electrons. The summed E-state index contributed by atoms with van der Waals surface area (Å²) in [6.45, 7) is 17.5. The summed E-state index contributed by atoms with van der Waals surface area (Å²) >= 11 is 0. The monoisotopic (exact) mass is 499 g/mol. The summed E-state index contributed by atoms with van der Waals surface area (Å²) in [5.74, 6) is -0.0767. The first kappa shape index (κ1) is 28.1. The van der Waals surface area contributed by atoms with Crippen molar-refractivity contribution in [2.45, 2.75) is 48.1 Å². The molecule has 0 bridgehead atoms. The molecular formula is C31H41N5O. The Morgan fingerprint density at radius 1 is 0.784 bits per heavy atom. The van der Waals surface area contributed by atoms with Crippen molar-refractivity contribution in [2.75, 3.05) is 37.6 Å². The Bertz CT molecular complexity index is 1170. The van der Waals surface area contributed by atoms with Gasteiger partial charge in [-0.3, -0.25) is 4.99 Å². The van der Waals surface area contributed by atoms with E-state index in [1.165, 1.54) is 5.56 Å². The van der Waals surface area contributed by atoms with E-state index in [-0.39, 0.29) is 5.90 Å². The lowest BCUT2D eigenvalue weighted by atomic mass is 10.1. The van der Waals surface area contributed by atoms with Crippen LogP contribution in [0.4, 0.5) is 22.7 Å². The second-order valence-electron chi connectivity index (χ2n) is 9.60. The first-order chi connectivity index (χ1) is 17.8. The lowest BCUT2D eigenvalue weighted by molar-refractivity contribution is -0.916. The number of anilines is 1. The molecule has 0 aromatic heterocycles. The molecule has 6 nitrogen and oxygen atoms in total. The lowest BCUT2D eigenvalue weighted by Gasteiger charge is -2.37. The van der Waals surface area contributed by atoms with Gasteiger partial charge in [-0.2, -0.15) is 10.2 Å². The Kier molecular flexibility index (Phi) is 9.98. The molecule has 0 saturated carbocycles. The van der Waals surface area contributed by atoms with Gasteiger partial charge in [0.05, 0.1) is 36.7 Å². The third kappa shape index (κ3) is 7.49. The summed E-state index contributed by atoms with van der Waals surface area (Å²) in [6, 6.07) is 22.5. The largest absolute Gasteiger partial charge is 0.858 e. The molecule has 0 atom stereocenters. The molecule has 0 saturated heterocycles. The van der Waals surface area contributed by atoms with E-state index in [0.717, 1.165) is 65.4 Å². The normalized spacial score (nSPS) is 12.3. The number of aliphatic imine (C=N–C) groups is 1. The van der Waals surface area contributed by atoms with Crippen molar-refractivity contribution in [1.82, 2.24) is 0 Å². The van der Waals surface area contributed by atoms with Gasteiger partial charge >= 0.3 is 0 Å². The number of hydrogen-bond donors (Lipinski definition) is 0. The molecule has 0 heterocycles. The maximum absolute atomic E-state index is 12.7. The molecule has 0 aliphatic heterocycles. The summed E-state index contributed by atoms with van der Waals surface area (Å²) in [5.41, 5.74) is 6.65. The van der Waals surface area contributed by atoms with E-state index >= 15 is 0 Å². The minimum absolute atomic E-state index is 0.0767. The third-order valence-electron chi connectivity index (χ3n) is 7.29. The Morgan fingerprint density at radius 3 is 1.92 bits per heavy atom. The van der Waals surface area contributed by atoms with E-state index in [1.807, 2.05) is 44.2 Å². The molecule has 0 radical (unpaired) electrons. The van der Waals surface area contributed by atoms with Crippen LogP contribution in [0.3, 0.4) is 0 Å². The number of likely N-dealkylation sites (N-methyl/N-ethyl adjacent to an activating group) is 1. The van der Waals surface area contributed by atoms with Gasteiger partial charge in [0.25, 0.3) is 0 Å². The van der Waals surface area contributed by atoms with E-state index in [2.05, 4.69) is 84.2 Å². The highest BCUT2D eigenvalue weighted by Gasteiger charge is 2.20. The van der Waals surface area contributed by atoms with E-state index in [0.29, 0.717) is 12.2 Å². The molecule has 0 unspecified atom stereocenters. The van der Waals surface area contributed by atoms with Gasteiger partial charge in [-0.1, -0.05) is 30.3 Å². The third-order valence-corrected chi connectivity index (χ3v) is 7.29. The van der Waals surface area contributed by atoms with Crippen LogP contribution in [0.5, 0.6) is 0 Å². The minimum Gasteiger partial charge on any atom is -0.858 e. The molecule has 3 aromatic rings. The minimum atomic E-state index is -0.0767. The quantitative estimate of drug-likeness (QED) is 0.116. The van der Waals surface area contributed by atoms with E-state index in [4.69, 9.17) is 0 Å². The molecule has 37 heavy (non-hydrogen) atoms. The summed E-state index contributed by atoms with van der Waals surface area (Å²) in [4.78, 5) is 6.73. The van der Waals surface area contributed by atoms with Crippen molar-refractivity contribution in [3.63, 3.8) is 0 Å². The van der Waals surface area contributed by atoms with Gasteiger partial charge in [-0.25, -0.2) is 0 Å². The second kappa shape index (κ2) is 13.2. The highest BCUT2D eigenvalue weighted by molar-refractivity contribution is 5.77. The van der Waals surface area contributed by atoms with Gasteiger partial charge in [-0.05, 0) is 94.6 Å². The second-order valence-corrected chi connectivity index (χ2v) is 9.60. The molecule has 0 aliphatic rings. The number of rotatable bonds is 12. The van der Waals surface area contributed by atoms with Crippen LogP contribution in [-0.2, 0) is 6.54 Å². The zero-order valence-corrected chi connectivity index (χ0v) is 23.2. The standard InChI is InChI=1S/C31H41N5O/c1-7-35(22-26-14-12-11-13-15-26)29-18-16-27(17-19-29)33-34-31-24(5)20-28(21-25(31)6)32-30(37)23-36(8-2,9-3)10-4/h11-21H,7-10,22-23H2,1-6H3. The van der Waals surface area contributed by atoms with Gasteiger partial charge in [0.2, 0.25) is 0 Å². The Labute approximate surface area is 222 Å². The maximum atomic E-state index is 12.7. The number of azo groups is 1. The van der Waals surface area contributed by atoms with Crippen LogP contribution in [0, 0.1) is 13.8 Å². The average molecular weight is 500 g/mol. The van der Waals surface area contributed by atoms with Crippen molar-refractivity contribution in [1.29, 1.82) is 0 Å². The summed E-state index contributed by atoms with van der Waals surface area (Å²) in [7, 11) is 0. The summed E-state index contributed by atoms with van der Waals surface area (Å²) in [6.07, 6.45) is 0. The van der Waals surface area contributed by atoms with Gasteiger partial charge in [-0.15, -0.1) is 0 Å². The zero-order chi connectivity index (χ0) is 26.8. The average Bonchev–Trinajstić information content (AvgIpc) is 2.91. The predicted octanol–water partition coefficient (Wildman–Crippen LogP) is 7.01. The summed E-state index contributed by atoms with van der Waals surface area (Å²) < 4.78 is 0.758. The van der Waals surface area contributed by atoms with E-state index in [9.17, 15) is 5.11 Å². The van der Waals surface area contributed by atoms with Gasteiger partial charge in [0.1, 0.15) is 6.54 Å². The summed E-state index contributed by atoms with van der Waals surface area (Å²) in [5, 5.41) is 21.7.